The number of ether oxygens (including phenoxy) is 2. The Hall–Kier alpha value is -0.990. The zero-order valence-electron chi connectivity index (χ0n) is 16.6. The van der Waals surface area contributed by atoms with Crippen molar-refractivity contribution in [3.63, 3.8) is 0 Å². The smallest absolute Gasteiger partial charge is 0.251 e. The molecule has 0 bridgehead atoms. The van der Waals surface area contributed by atoms with Gasteiger partial charge >= 0.3 is 0 Å². The summed E-state index contributed by atoms with van der Waals surface area (Å²) in [4.78, 5) is 6.46. The van der Waals surface area contributed by atoms with E-state index in [-0.39, 0.29) is 6.54 Å². The van der Waals surface area contributed by atoms with Gasteiger partial charge in [0.25, 0.3) is 6.43 Å². The molecule has 0 radical (unpaired) electrons. The van der Waals surface area contributed by atoms with E-state index in [0.717, 1.165) is 71.0 Å². The summed E-state index contributed by atoms with van der Waals surface area (Å²) >= 11 is 0. The average Bonchev–Trinajstić information content (AvgIpc) is 2.66. The van der Waals surface area contributed by atoms with Crippen LogP contribution in [0.5, 0.6) is 0 Å². The van der Waals surface area contributed by atoms with Crippen LogP contribution in [0.1, 0.15) is 39.0 Å². The van der Waals surface area contributed by atoms with Crippen LogP contribution in [-0.4, -0.2) is 82.5 Å². The first kappa shape index (κ1) is 22.3. The highest BCUT2D eigenvalue weighted by molar-refractivity contribution is 5.80. The van der Waals surface area contributed by atoms with E-state index in [1.165, 1.54) is 0 Å². The second-order valence-electron chi connectivity index (χ2n) is 7.36. The molecule has 2 aliphatic heterocycles. The summed E-state index contributed by atoms with van der Waals surface area (Å²) < 4.78 is 36.0. The van der Waals surface area contributed by atoms with Crippen molar-refractivity contribution in [2.24, 2.45) is 10.9 Å². The number of guanidine groups is 1. The molecule has 0 atom stereocenters. The summed E-state index contributed by atoms with van der Waals surface area (Å²) in [6.07, 6.45) is 2.58. The number of nitrogens with one attached hydrogen (secondary N) is 2. The van der Waals surface area contributed by atoms with Gasteiger partial charge in [0.15, 0.2) is 5.96 Å². The molecule has 2 fully saturated rings. The van der Waals surface area contributed by atoms with Gasteiger partial charge in [-0.1, -0.05) is 0 Å². The molecule has 0 saturated carbocycles. The molecular formula is C19H36F2N4O2. The van der Waals surface area contributed by atoms with Gasteiger partial charge in [0.1, 0.15) is 0 Å². The van der Waals surface area contributed by atoms with Gasteiger partial charge in [0.05, 0.1) is 6.54 Å². The van der Waals surface area contributed by atoms with Crippen molar-refractivity contribution in [2.45, 2.75) is 51.5 Å². The molecule has 8 heteroatoms. The van der Waals surface area contributed by atoms with Crippen LogP contribution >= 0.6 is 0 Å². The lowest BCUT2D eigenvalue weighted by Gasteiger charge is -2.32. The summed E-state index contributed by atoms with van der Waals surface area (Å²) in [5.74, 6) is 1.45. The normalized spacial score (nSPS) is 21.0. The van der Waals surface area contributed by atoms with Crippen LogP contribution in [0.3, 0.4) is 0 Å². The zero-order chi connectivity index (χ0) is 19.3. The maximum absolute atomic E-state index is 12.5. The zero-order valence-corrected chi connectivity index (χ0v) is 16.6. The highest BCUT2D eigenvalue weighted by atomic mass is 19.3. The number of nitrogens with zero attached hydrogens (tertiary/aromatic N) is 2. The fraction of sp³-hybridized carbons (Fsp3) is 0.947. The minimum Gasteiger partial charge on any atom is -0.381 e. The quantitative estimate of drug-likeness (QED) is 0.340. The molecule has 0 aromatic heterocycles. The number of rotatable bonds is 10. The Morgan fingerprint density at radius 3 is 2.63 bits per heavy atom. The van der Waals surface area contributed by atoms with Crippen LogP contribution in [-0.2, 0) is 9.47 Å². The van der Waals surface area contributed by atoms with Crippen molar-refractivity contribution in [3.8, 4) is 0 Å². The standard InChI is InChI=1S/C19H36F2N4O2/c1-2-22-19(24-17-4-9-25(10-5-17)14-18(20)21)23-8-3-11-27-15-16-6-12-26-13-7-16/h16-18H,2-15H2,1H3,(H2,22,23,24). The van der Waals surface area contributed by atoms with Gasteiger partial charge in [-0.2, -0.15) is 0 Å². The second-order valence-corrected chi connectivity index (χ2v) is 7.36. The third-order valence-corrected chi connectivity index (χ3v) is 5.08. The molecule has 27 heavy (non-hydrogen) atoms. The molecule has 2 saturated heterocycles. The van der Waals surface area contributed by atoms with Crippen LogP contribution in [0.2, 0.25) is 0 Å². The van der Waals surface area contributed by atoms with E-state index in [1.54, 1.807) is 0 Å². The van der Waals surface area contributed by atoms with Gasteiger partial charge in [-0.25, -0.2) is 8.78 Å². The number of piperidine rings is 1. The monoisotopic (exact) mass is 390 g/mol. The summed E-state index contributed by atoms with van der Waals surface area (Å²) in [6, 6.07) is 0.293. The van der Waals surface area contributed by atoms with Crippen molar-refractivity contribution in [1.29, 1.82) is 0 Å². The Morgan fingerprint density at radius 2 is 1.96 bits per heavy atom. The summed E-state index contributed by atoms with van der Waals surface area (Å²) in [5.41, 5.74) is 0. The predicted octanol–water partition coefficient (Wildman–Crippen LogP) is 2.10. The molecule has 0 unspecified atom stereocenters. The topological polar surface area (TPSA) is 58.1 Å². The maximum Gasteiger partial charge on any atom is 0.251 e. The fourth-order valence-corrected chi connectivity index (χ4v) is 3.49. The van der Waals surface area contributed by atoms with E-state index in [1.807, 2.05) is 11.8 Å². The van der Waals surface area contributed by atoms with Crippen molar-refractivity contribution < 1.29 is 18.3 Å². The van der Waals surface area contributed by atoms with Crippen LogP contribution in [0.15, 0.2) is 4.99 Å². The Labute approximate surface area is 162 Å². The van der Waals surface area contributed by atoms with E-state index in [0.29, 0.717) is 31.6 Å². The molecule has 2 N–H and O–H groups in total. The van der Waals surface area contributed by atoms with Crippen LogP contribution in [0.4, 0.5) is 8.78 Å². The number of likely N-dealkylation sites (tertiary alicyclic amines) is 1. The fourth-order valence-electron chi connectivity index (χ4n) is 3.49. The number of hydrogen-bond donors (Lipinski definition) is 2. The van der Waals surface area contributed by atoms with E-state index < -0.39 is 6.43 Å². The lowest BCUT2D eigenvalue weighted by molar-refractivity contribution is 0.0205. The second kappa shape index (κ2) is 13.2. The highest BCUT2D eigenvalue weighted by Gasteiger charge is 2.21. The number of alkyl halides is 2. The lowest BCUT2D eigenvalue weighted by Crippen LogP contribution is -2.49. The van der Waals surface area contributed by atoms with E-state index in [2.05, 4.69) is 15.6 Å². The SMILES string of the molecule is CCNC(=NCCCOCC1CCOCC1)NC1CCN(CC(F)F)CC1. The van der Waals surface area contributed by atoms with E-state index in [9.17, 15) is 8.78 Å². The summed E-state index contributed by atoms with van der Waals surface area (Å²) in [6.45, 7) is 8.13. The first-order valence-corrected chi connectivity index (χ1v) is 10.4. The Bertz CT molecular complexity index is 413. The minimum absolute atomic E-state index is 0.116. The molecule has 2 heterocycles. The van der Waals surface area contributed by atoms with Gasteiger partial charge in [0, 0.05) is 58.6 Å². The lowest BCUT2D eigenvalue weighted by atomic mass is 10.0. The number of halogens is 2. The molecule has 2 aliphatic rings. The van der Waals surface area contributed by atoms with E-state index >= 15 is 0 Å². The van der Waals surface area contributed by atoms with Gasteiger partial charge in [-0.3, -0.25) is 9.89 Å². The van der Waals surface area contributed by atoms with Crippen LogP contribution < -0.4 is 10.6 Å². The summed E-state index contributed by atoms with van der Waals surface area (Å²) in [7, 11) is 0. The van der Waals surface area contributed by atoms with Crippen molar-refractivity contribution in [3.05, 3.63) is 0 Å². The Kier molecular flexibility index (Phi) is 10.9. The van der Waals surface area contributed by atoms with Gasteiger partial charge in [0.2, 0.25) is 0 Å². The van der Waals surface area contributed by atoms with E-state index in [4.69, 9.17) is 9.47 Å². The molecule has 0 aromatic rings. The molecule has 158 valence electrons. The van der Waals surface area contributed by atoms with Gasteiger partial charge in [-0.05, 0) is 44.9 Å². The van der Waals surface area contributed by atoms with Gasteiger partial charge in [-0.15, -0.1) is 0 Å². The van der Waals surface area contributed by atoms with Crippen molar-refractivity contribution in [1.82, 2.24) is 15.5 Å². The molecule has 6 nitrogen and oxygen atoms in total. The Morgan fingerprint density at radius 1 is 1.22 bits per heavy atom. The molecule has 0 aromatic carbocycles. The minimum atomic E-state index is -2.25. The molecule has 0 spiro atoms. The van der Waals surface area contributed by atoms with Crippen LogP contribution in [0.25, 0.3) is 0 Å². The number of aliphatic imine (C=N–C) groups is 1. The molecule has 0 aliphatic carbocycles. The average molecular weight is 391 g/mol. The largest absolute Gasteiger partial charge is 0.381 e. The van der Waals surface area contributed by atoms with Crippen molar-refractivity contribution >= 4 is 5.96 Å². The molecular weight excluding hydrogens is 354 g/mol. The van der Waals surface area contributed by atoms with Gasteiger partial charge < -0.3 is 20.1 Å². The first-order valence-electron chi connectivity index (χ1n) is 10.4. The third-order valence-electron chi connectivity index (χ3n) is 5.08. The first-order chi connectivity index (χ1) is 13.2. The molecule has 2 rings (SSSR count). The maximum atomic E-state index is 12.5. The number of hydrogen-bond acceptors (Lipinski definition) is 4. The van der Waals surface area contributed by atoms with Crippen molar-refractivity contribution in [2.75, 3.05) is 59.2 Å². The summed E-state index contributed by atoms with van der Waals surface area (Å²) in [5, 5.41) is 6.71. The predicted molar refractivity (Wildman–Crippen MR) is 104 cm³/mol. The molecule has 0 amide bonds. The Balaban J connectivity index is 1.59. The highest BCUT2D eigenvalue weighted by Crippen LogP contribution is 2.14. The third kappa shape index (κ3) is 9.67. The van der Waals surface area contributed by atoms with Crippen LogP contribution in [0, 0.1) is 5.92 Å².